The fourth-order valence-corrected chi connectivity index (χ4v) is 4.28. The summed E-state index contributed by atoms with van der Waals surface area (Å²) in [5.74, 6) is -0.790. The van der Waals surface area contributed by atoms with Crippen molar-refractivity contribution in [2.45, 2.75) is 11.8 Å². The molecule has 4 aromatic rings. The summed E-state index contributed by atoms with van der Waals surface area (Å²) < 4.78 is 46.8. The number of H-pyrrole nitrogens is 1. The molecule has 4 N–H and O–H groups in total. The number of nitrogen functional groups attached to an aromatic ring is 1. The number of aromatic amines is 1. The van der Waals surface area contributed by atoms with Crippen molar-refractivity contribution in [2.24, 2.45) is 0 Å². The summed E-state index contributed by atoms with van der Waals surface area (Å²) in [6.07, 6.45) is 0. The molecule has 0 bridgehead atoms. The van der Waals surface area contributed by atoms with Crippen molar-refractivity contribution in [1.82, 2.24) is 10.2 Å². The number of fused-ring (bicyclic) bond motifs is 1. The van der Waals surface area contributed by atoms with Gasteiger partial charge in [0.2, 0.25) is 0 Å². The number of nitrogens with zero attached hydrogens (tertiary/aromatic N) is 1. The van der Waals surface area contributed by atoms with Gasteiger partial charge in [-0.15, -0.1) is 0 Å². The van der Waals surface area contributed by atoms with Gasteiger partial charge in [-0.3, -0.25) is 19.6 Å². The van der Waals surface area contributed by atoms with Crippen LogP contribution in [0, 0.1) is 5.82 Å². The molecule has 10 nitrogen and oxygen atoms in total. The van der Waals surface area contributed by atoms with Gasteiger partial charge in [0, 0.05) is 13.0 Å². The number of hydrogen-bond acceptors (Lipinski definition) is 8. The molecule has 0 aliphatic heterocycles. The van der Waals surface area contributed by atoms with Crippen molar-refractivity contribution in [1.29, 1.82) is 0 Å². The second-order valence-corrected chi connectivity index (χ2v) is 8.82. The van der Waals surface area contributed by atoms with Gasteiger partial charge in [-0.1, -0.05) is 12.1 Å². The highest BCUT2D eigenvalue weighted by Crippen LogP contribution is 2.35. The van der Waals surface area contributed by atoms with Gasteiger partial charge in [-0.05, 0) is 47.5 Å². The quantitative estimate of drug-likeness (QED) is 0.265. The molecule has 0 spiro atoms. The smallest absolute Gasteiger partial charge is 0.352 e. The number of ether oxygens (including phenoxy) is 1. The van der Waals surface area contributed by atoms with Crippen molar-refractivity contribution >= 4 is 38.4 Å². The van der Waals surface area contributed by atoms with Gasteiger partial charge in [0.05, 0.1) is 28.6 Å². The summed E-state index contributed by atoms with van der Waals surface area (Å²) in [6, 6.07) is 12.9. The van der Waals surface area contributed by atoms with Gasteiger partial charge in [0.25, 0.3) is 10.0 Å². The number of rotatable bonds is 7. The van der Waals surface area contributed by atoms with Gasteiger partial charge in [-0.25, -0.2) is 17.6 Å². The van der Waals surface area contributed by atoms with E-state index < -0.39 is 21.8 Å². The van der Waals surface area contributed by atoms with E-state index in [1.165, 1.54) is 38.3 Å². The highest BCUT2D eigenvalue weighted by molar-refractivity contribution is 7.92. The van der Waals surface area contributed by atoms with Crippen molar-refractivity contribution in [3.63, 3.8) is 0 Å². The molecule has 34 heavy (non-hydrogen) atoms. The first-order valence-electron chi connectivity index (χ1n) is 9.77. The summed E-state index contributed by atoms with van der Waals surface area (Å²) in [6.45, 7) is 1.18. The Kier molecular flexibility index (Phi) is 5.99. The van der Waals surface area contributed by atoms with Gasteiger partial charge in [0.15, 0.2) is 11.6 Å². The Morgan fingerprint density at radius 2 is 1.82 bits per heavy atom. The summed E-state index contributed by atoms with van der Waals surface area (Å²) in [4.78, 5) is 20.8. The highest BCUT2D eigenvalue weighted by Gasteiger charge is 2.18. The third-order valence-corrected chi connectivity index (χ3v) is 6.20. The van der Waals surface area contributed by atoms with Crippen LogP contribution in [0.4, 0.5) is 15.9 Å². The summed E-state index contributed by atoms with van der Waals surface area (Å²) in [7, 11) is -2.69. The largest absolute Gasteiger partial charge is 0.497 e. The lowest BCUT2D eigenvalue weighted by Crippen LogP contribution is -2.14. The number of carbonyl (C=O) groups excluding carboxylic acids is 1. The molecule has 176 valence electrons. The van der Waals surface area contributed by atoms with E-state index >= 15 is 0 Å². The number of nitrogens with two attached hydrogens (primary N) is 1. The van der Waals surface area contributed by atoms with E-state index in [2.05, 4.69) is 19.8 Å². The normalized spacial score (nSPS) is 11.3. The van der Waals surface area contributed by atoms with Crippen LogP contribution in [0.15, 0.2) is 59.5 Å². The second-order valence-electron chi connectivity index (χ2n) is 7.14. The molecular weight excluding hydrogens is 467 g/mol. The van der Waals surface area contributed by atoms with Gasteiger partial charge in [0.1, 0.15) is 11.6 Å². The Morgan fingerprint density at radius 3 is 2.50 bits per heavy atom. The number of anilines is 2. The molecule has 3 aromatic carbocycles. The van der Waals surface area contributed by atoms with Crippen LogP contribution >= 0.6 is 0 Å². The Hall–Kier alpha value is -4.32. The molecule has 0 atom stereocenters. The van der Waals surface area contributed by atoms with E-state index in [4.69, 9.17) is 15.4 Å². The molecule has 12 heteroatoms. The van der Waals surface area contributed by atoms with Crippen molar-refractivity contribution < 1.29 is 32.1 Å². The maximum absolute atomic E-state index is 14.1. The first kappa shape index (κ1) is 22.9. The number of sulfonamides is 1. The molecule has 0 unspecified atom stereocenters. The third kappa shape index (κ3) is 4.57. The van der Waals surface area contributed by atoms with Crippen LogP contribution in [0.25, 0.3) is 22.0 Å². The topological polar surface area (TPSA) is 146 Å². The van der Waals surface area contributed by atoms with Crippen LogP contribution in [0.2, 0.25) is 0 Å². The van der Waals surface area contributed by atoms with E-state index in [1.807, 2.05) is 0 Å². The minimum absolute atomic E-state index is 0.0817. The number of benzene rings is 3. The number of carbonyl (C=O) groups is 1. The maximum atomic E-state index is 14.1. The second kappa shape index (κ2) is 8.90. The molecule has 0 fully saturated rings. The lowest BCUT2D eigenvalue weighted by Gasteiger charge is -2.11. The zero-order valence-electron chi connectivity index (χ0n) is 18.0. The molecule has 1 aromatic heterocycles. The number of methoxy groups -OCH3 is 1. The fourth-order valence-electron chi connectivity index (χ4n) is 3.22. The first-order valence-corrected chi connectivity index (χ1v) is 11.3. The zero-order valence-corrected chi connectivity index (χ0v) is 18.8. The van der Waals surface area contributed by atoms with Crippen molar-refractivity contribution in [3.8, 4) is 22.6 Å². The van der Waals surface area contributed by atoms with E-state index in [9.17, 15) is 17.6 Å². The predicted octanol–water partition coefficient (Wildman–Crippen LogP) is 3.62. The summed E-state index contributed by atoms with van der Waals surface area (Å²) in [5.41, 5.74) is 7.37. The first-order chi connectivity index (χ1) is 16.2. The number of halogens is 1. The van der Waals surface area contributed by atoms with Crippen molar-refractivity contribution in [3.05, 3.63) is 60.4 Å². The minimum Gasteiger partial charge on any atom is -0.497 e. The van der Waals surface area contributed by atoms with Crippen LogP contribution in [-0.2, 0) is 19.7 Å². The predicted molar refractivity (Wildman–Crippen MR) is 122 cm³/mol. The Morgan fingerprint density at radius 1 is 1.09 bits per heavy atom. The van der Waals surface area contributed by atoms with Crippen LogP contribution < -0.4 is 20.1 Å². The molecule has 0 aliphatic rings. The SMILES string of the molecule is COc1ccc(F)c(NS(=O)(=O)c2ccc(-c3cc(OOC(C)=O)c4c(N)n[nH]c4c3)cc2)c1. The highest BCUT2D eigenvalue weighted by atomic mass is 32.2. The zero-order chi connectivity index (χ0) is 24.5. The van der Waals surface area contributed by atoms with E-state index in [-0.39, 0.29) is 22.2 Å². The van der Waals surface area contributed by atoms with Gasteiger partial charge in [-0.2, -0.15) is 5.10 Å². The van der Waals surface area contributed by atoms with E-state index in [0.717, 1.165) is 6.07 Å². The molecule has 4 rings (SSSR count). The molecule has 1 heterocycles. The van der Waals surface area contributed by atoms with Gasteiger partial charge < -0.3 is 10.5 Å². The average molecular weight is 486 g/mol. The van der Waals surface area contributed by atoms with Crippen molar-refractivity contribution in [2.75, 3.05) is 17.6 Å². The van der Waals surface area contributed by atoms with Crippen LogP contribution in [0.1, 0.15) is 6.92 Å². The fraction of sp³-hybridized carbons (Fsp3) is 0.0909. The molecule has 0 aliphatic carbocycles. The maximum Gasteiger partial charge on any atom is 0.352 e. The Bertz CT molecular complexity index is 1490. The summed E-state index contributed by atoms with van der Waals surface area (Å²) in [5, 5.41) is 7.11. The number of aromatic nitrogens is 2. The van der Waals surface area contributed by atoms with Crippen LogP contribution in [0.5, 0.6) is 11.5 Å². The number of nitrogens with one attached hydrogen (secondary N) is 2. The monoisotopic (exact) mass is 486 g/mol. The molecule has 0 radical (unpaired) electrons. The minimum atomic E-state index is -4.08. The Labute approximate surface area is 193 Å². The van der Waals surface area contributed by atoms with E-state index in [0.29, 0.717) is 27.8 Å². The standard InChI is InChI=1S/C22H19FN4O6S/c1-12(28)32-33-20-10-14(9-19-21(20)22(24)26-25-19)13-3-6-16(7-4-13)34(29,30)27-18-11-15(31-2)5-8-17(18)23/h3-11,27H,1-2H3,(H3,24,25,26). The average Bonchev–Trinajstić information content (AvgIpc) is 3.19. The number of hydrogen-bond donors (Lipinski definition) is 3. The third-order valence-electron chi connectivity index (χ3n) is 4.82. The molecular formula is C22H19FN4O6S. The summed E-state index contributed by atoms with van der Waals surface area (Å²) >= 11 is 0. The lowest BCUT2D eigenvalue weighted by molar-refractivity contribution is -0.210. The molecule has 0 saturated heterocycles. The van der Waals surface area contributed by atoms with Gasteiger partial charge >= 0.3 is 5.97 Å². The van der Waals surface area contributed by atoms with E-state index in [1.54, 1.807) is 24.3 Å². The molecule has 0 saturated carbocycles. The van der Waals surface area contributed by atoms with Crippen LogP contribution in [-0.4, -0.2) is 31.7 Å². The Balaban J connectivity index is 1.65. The van der Waals surface area contributed by atoms with Crippen LogP contribution in [0.3, 0.4) is 0 Å². The lowest BCUT2D eigenvalue weighted by atomic mass is 10.0. The molecule has 0 amide bonds.